The van der Waals surface area contributed by atoms with E-state index in [1.54, 1.807) is 0 Å². The van der Waals surface area contributed by atoms with Crippen molar-refractivity contribution in [3.8, 4) is 0 Å². The predicted octanol–water partition coefficient (Wildman–Crippen LogP) is 10.1. The molecule has 0 fully saturated rings. The summed E-state index contributed by atoms with van der Waals surface area (Å²) in [7, 11) is 0. The largest absolute Gasteiger partial charge is 0.309 e. The van der Waals surface area contributed by atoms with Crippen LogP contribution >= 0.6 is 0 Å². The number of hydrogen-bond donors (Lipinski definition) is 0. The summed E-state index contributed by atoms with van der Waals surface area (Å²) >= 11 is 0. The number of aryl methyl sites for hydroxylation is 2. The molecule has 178 valence electrons. The molecule has 1 aliphatic carbocycles. The van der Waals surface area contributed by atoms with E-state index in [2.05, 4.69) is 133 Å². The van der Waals surface area contributed by atoms with Crippen LogP contribution < -0.4 is 4.90 Å². The van der Waals surface area contributed by atoms with Crippen LogP contribution in [0.2, 0.25) is 0 Å². The number of allylic oxidation sites excluding steroid dienone is 1. The number of benzene rings is 6. The zero-order valence-electron chi connectivity index (χ0n) is 21.1. The first-order valence-corrected chi connectivity index (χ1v) is 13.3. The van der Waals surface area contributed by atoms with Crippen molar-refractivity contribution in [1.29, 1.82) is 0 Å². The Hall–Kier alpha value is -4.36. The van der Waals surface area contributed by atoms with Crippen LogP contribution in [-0.2, 0) is 12.8 Å². The molecule has 7 rings (SSSR count). The van der Waals surface area contributed by atoms with Crippen LogP contribution in [0, 0.1) is 0 Å². The maximum Gasteiger partial charge on any atom is 0.0546 e. The number of hydrogen-bond acceptors (Lipinski definition) is 1. The molecule has 0 saturated heterocycles. The van der Waals surface area contributed by atoms with Crippen molar-refractivity contribution in [3.05, 3.63) is 132 Å². The number of nitrogens with zero attached hydrogens (tertiary/aromatic N) is 1. The zero-order chi connectivity index (χ0) is 24.8. The van der Waals surface area contributed by atoms with E-state index in [1.807, 2.05) is 0 Å². The second-order valence-corrected chi connectivity index (χ2v) is 9.97. The van der Waals surface area contributed by atoms with Crippen LogP contribution in [0.15, 0.2) is 115 Å². The summed E-state index contributed by atoms with van der Waals surface area (Å²) in [6.45, 7) is 2.22. The van der Waals surface area contributed by atoms with Crippen LogP contribution in [0.1, 0.15) is 30.0 Å². The summed E-state index contributed by atoms with van der Waals surface area (Å²) in [4.78, 5) is 2.50. The van der Waals surface area contributed by atoms with E-state index >= 15 is 0 Å². The molecule has 1 aliphatic rings. The lowest BCUT2D eigenvalue weighted by atomic mass is 9.89. The Morgan fingerprint density at radius 1 is 0.622 bits per heavy atom. The molecule has 1 heteroatoms. The quantitative estimate of drug-likeness (QED) is 0.229. The Morgan fingerprint density at radius 2 is 1.24 bits per heavy atom. The third kappa shape index (κ3) is 3.62. The van der Waals surface area contributed by atoms with Gasteiger partial charge in [-0.2, -0.15) is 0 Å². The third-order valence-corrected chi connectivity index (χ3v) is 7.86. The molecule has 6 aromatic carbocycles. The van der Waals surface area contributed by atoms with Gasteiger partial charge in [0.25, 0.3) is 0 Å². The lowest BCUT2D eigenvalue weighted by molar-refractivity contribution is 0.995. The highest BCUT2D eigenvalue weighted by Crippen LogP contribution is 2.46. The van der Waals surface area contributed by atoms with Crippen molar-refractivity contribution in [3.63, 3.8) is 0 Å². The average Bonchev–Trinajstić information content (AvgIpc) is 2.98. The molecule has 37 heavy (non-hydrogen) atoms. The van der Waals surface area contributed by atoms with Crippen LogP contribution in [-0.4, -0.2) is 0 Å². The molecule has 0 bridgehead atoms. The Labute approximate surface area is 218 Å². The molecule has 0 atom stereocenters. The maximum absolute atomic E-state index is 2.50. The van der Waals surface area contributed by atoms with Crippen molar-refractivity contribution in [2.75, 3.05) is 4.90 Å². The zero-order valence-corrected chi connectivity index (χ0v) is 21.1. The standard InChI is InChI=1S/C36H29N/c1-2-25-19-21-28(22-20-25)37(35-23-26-11-3-5-13-29(26)31-15-7-9-17-33(31)35)36-24-27-12-4-6-14-30(27)32-16-8-10-18-34(32)36/h3-7,9-15,17-24H,2,8,16H2,1H3. The second-order valence-electron chi connectivity index (χ2n) is 9.97. The minimum absolute atomic E-state index is 1.04. The van der Waals surface area contributed by atoms with Crippen molar-refractivity contribution >= 4 is 55.5 Å². The highest BCUT2D eigenvalue weighted by atomic mass is 15.1. The molecule has 0 aliphatic heterocycles. The van der Waals surface area contributed by atoms with Gasteiger partial charge in [-0.25, -0.2) is 0 Å². The van der Waals surface area contributed by atoms with Crippen LogP contribution in [0.3, 0.4) is 0 Å². The Bertz CT molecular complexity index is 1810. The highest BCUT2D eigenvalue weighted by molar-refractivity contribution is 6.15. The van der Waals surface area contributed by atoms with Gasteiger partial charge in [0.15, 0.2) is 0 Å². The summed E-state index contributed by atoms with van der Waals surface area (Å²) in [6.07, 6.45) is 7.87. The van der Waals surface area contributed by atoms with E-state index in [9.17, 15) is 0 Å². The van der Waals surface area contributed by atoms with E-state index < -0.39 is 0 Å². The number of fused-ring (bicyclic) bond motifs is 6. The molecule has 0 radical (unpaired) electrons. The molecule has 0 amide bonds. The predicted molar refractivity (Wildman–Crippen MR) is 160 cm³/mol. The van der Waals surface area contributed by atoms with Gasteiger partial charge in [0.2, 0.25) is 0 Å². The summed E-state index contributed by atoms with van der Waals surface area (Å²) in [5.74, 6) is 0. The summed E-state index contributed by atoms with van der Waals surface area (Å²) < 4.78 is 0. The van der Waals surface area contributed by atoms with Gasteiger partial charge in [0.1, 0.15) is 0 Å². The molecule has 0 saturated carbocycles. The lowest BCUT2D eigenvalue weighted by Gasteiger charge is -2.31. The number of rotatable bonds is 4. The minimum atomic E-state index is 1.04. The fraction of sp³-hybridized carbons (Fsp3) is 0.111. The smallest absolute Gasteiger partial charge is 0.0546 e. The van der Waals surface area contributed by atoms with Crippen molar-refractivity contribution in [1.82, 2.24) is 0 Å². The summed E-state index contributed by atoms with van der Waals surface area (Å²) in [5, 5.41) is 7.78. The molecule has 0 N–H and O–H groups in total. The van der Waals surface area contributed by atoms with Gasteiger partial charge in [-0.3, -0.25) is 0 Å². The van der Waals surface area contributed by atoms with Gasteiger partial charge in [0, 0.05) is 16.6 Å². The van der Waals surface area contributed by atoms with Gasteiger partial charge in [0.05, 0.1) is 11.4 Å². The minimum Gasteiger partial charge on any atom is -0.309 e. The van der Waals surface area contributed by atoms with Crippen LogP contribution in [0.25, 0.3) is 38.4 Å². The van der Waals surface area contributed by atoms with Crippen LogP contribution in [0.4, 0.5) is 17.1 Å². The van der Waals surface area contributed by atoms with E-state index in [1.165, 1.54) is 66.1 Å². The fourth-order valence-corrected chi connectivity index (χ4v) is 6.00. The molecule has 0 heterocycles. The lowest BCUT2D eigenvalue weighted by Crippen LogP contribution is -2.14. The molecular weight excluding hydrogens is 446 g/mol. The monoisotopic (exact) mass is 475 g/mol. The Kier molecular flexibility index (Phi) is 5.29. The SMILES string of the molecule is CCc1ccc(N(c2cc3ccccc3c3c2C=CCC3)c2cc3ccccc3c3ccccc23)cc1. The van der Waals surface area contributed by atoms with Gasteiger partial charge < -0.3 is 4.90 Å². The van der Waals surface area contributed by atoms with E-state index in [-0.39, 0.29) is 0 Å². The highest BCUT2D eigenvalue weighted by Gasteiger charge is 2.23. The summed E-state index contributed by atoms with van der Waals surface area (Å²) in [6, 6.07) is 40.3. The van der Waals surface area contributed by atoms with E-state index in [0.29, 0.717) is 0 Å². The van der Waals surface area contributed by atoms with Crippen molar-refractivity contribution in [2.45, 2.75) is 26.2 Å². The average molecular weight is 476 g/mol. The first-order valence-electron chi connectivity index (χ1n) is 13.3. The normalized spacial score (nSPS) is 12.8. The fourth-order valence-electron chi connectivity index (χ4n) is 6.00. The molecule has 0 spiro atoms. The molecule has 6 aromatic rings. The van der Waals surface area contributed by atoms with Gasteiger partial charge in [-0.1, -0.05) is 104 Å². The van der Waals surface area contributed by atoms with Gasteiger partial charge in [-0.05, 0) is 81.6 Å². The molecular formula is C36H29N. The molecule has 0 aromatic heterocycles. The molecule has 1 nitrogen and oxygen atoms in total. The molecule has 0 unspecified atom stereocenters. The van der Waals surface area contributed by atoms with Crippen molar-refractivity contribution in [2.24, 2.45) is 0 Å². The van der Waals surface area contributed by atoms with E-state index in [0.717, 1.165) is 19.3 Å². The third-order valence-electron chi connectivity index (χ3n) is 7.86. The van der Waals surface area contributed by atoms with E-state index in [4.69, 9.17) is 0 Å². The van der Waals surface area contributed by atoms with Crippen LogP contribution in [0.5, 0.6) is 0 Å². The number of anilines is 3. The Morgan fingerprint density at radius 3 is 2.00 bits per heavy atom. The summed E-state index contributed by atoms with van der Waals surface area (Å²) in [5.41, 5.74) is 7.79. The van der Waals surface area contributed by atoms with Crippen molar-refractivity contribution < 1.29 is 0 Å². The first kappa shape index (κ1) is 21.9. The maximum atomic E-state index is 2.50. The topological polar surface area (TPSA) is 3.24 Å². The Balaban J connectivity index is 1.60. The first-order chi connectivity index (χ1) is 18.3. The second kappa shape index (κ2) is 8.94. The van der Waals surface area contributed by atoms with Gasteiger partial charge >= 0.3 is 0 Å². The van der Waals surface area contributed by atoms with Gasteiger partial charge in [-0.15, -0.1) is 0 Å².